The zero-order valence-corrected chi connectivity index (χ0v) is 13.7. The quantitative estimate of drug-likeness (QED) is 0.864. The van der Waals surface area contributed by atoms with Crippen LogP contribution in [0.1, 0.15) is 30.4 Å². The van der Waals surface area contributed by atoms with Gasteiger partial charge in [-0.05, 0) is 54.7 Å². The number of hydrogen-bond donors (Lipinski definition) is 1. The summed E-state index contributed by atoms with van der Waals surface area (Å²) < 4.78 is 0. The molecule has 0 radical (unpaired) electrons. The molecule has 2 aromatic rings. The Labute approximate surface area is 141 Å². The number of carbonyl (C=O) groups excluding carboxylic acids is 1. The number of phenolic OH excluding ortho intramolecular Hbond substituents is 1. The van der Waals surface area contributed by atoms with E-state index in [9.17, 15) is 9.90 Å². The Kier molecular flexibility index (Phi) is 4.87. The first kappa shape index (κ1) is 15.9. The Hall–Kier alpha value is -2.00. The summed E-state index contributed by atoms with van der Waals surface area (Å²) in [5.41, 5.74) is 2.18. The van der Waals surface area contributed by atoms with Gasteiger partial charge in [0.15, 0.2) is 0 Å². The molecule has 0 bridgehead atoms. The third kappa shape index (κ3) is 4.49. The molecule has 120 valence electrons. The van der Waals surface area contributed by atoms with Crippen LogP contribution in [-0.4, -0.2) is 22.0 Å². The van der Waals surface area contributed by atoms with E-state index in [0.717, 1.165) is 30.4 Å². The van der Waals surface area contributed by atoms with Crippen molar-refractivity contribution < 1.29 is 9.90 Å². The Morgan fingerprint density at radius 1 is 1.04 bits per heavy atom. The molecule has 4 heteroatoms. The van der Waals surface area contributed by atoms with Crippen molar-refractivity contribution in [3.8, 4) is 5.75 Å². The summed E-state index contributed by atoms with van der Waals surface area (Å²) in [5.74, 6) is 0.441. The highest BCUT2D eigenvalue weighted by Crippen LogP contribution is 2.29. The standard InChI is InChI=1S/C19H20ClNO2/c20-16-6-1-14(2-7-16)5-12-19(23)21(17-8-9-17)13-15-3-10-18(22)11-4-15/h1-4,6-7,10-11,17,22H,5,8-9,12-13H2. The molecule has 2 aromatic carbocycles. The molecule has 1 saturated carbocycles. The first-order chi connectivity index (χ1) is 11.1. The van der Waals surface area contributed by atoms with Crippen molar-refractivity contribution in [1.82, 2.24) is 4.90 Å². The summed E-state index contributed by atoms with van der Waals surface area (Å²) in [6, 6.07) is 15.1. The maximum Gasteiger partial charge on any atom is 0.223 e. The van der Waals surface area contributed by atoms with Crippen LogP contribution >= 0.6 is 11.6 Å². The minimum atomic E-state index is 0.190. The van der Waals surface area contributed by atoms with E-state index in [0.29, 0.717) is 24.0 Å². The van der Waals surface area contributed by atoms with Crippen molar-refractivity contribution in [1.29, 1.82) is 0 Å². The van der Waals surface area contributed by atoms with E-state index in [1.807, 2.05) is 41.3 Å². The molecule has 1 aliphatic carbocycles. The van der Waals surface area contributed by atoms with E-state index in [-0.39, 0.29) is 11.7 Å². The smallest absolute Gasteiger partial charge is 0.223 e. The maximum absolute atomic E-state index is 12.6. The van der Waals surface area contributed by atoms with Gasteiger partial charge in [0.2, 0.25) is 5.91 Å². The molecule has 0 heterocycles. The number of benzene rings is 2. The number of phenols is 1. The molecule has 23 heavy (non-hydrogen) atoms. The molecule has 0 spiro atoms. The molecule has 1 amide bonds. The second kappa shape index (κ2) is 7.05. The zero-order valence-electron chi connectivity index (χ0n) is 12.9. The minimum Gasteiger partial charge on any atom is -0.508 e. The van der Waals surface area contributed by atoms with Gasteiger partial charge >= 0.3 is 0 Å². The Balaban J connectivity index is 1.60. The maximum atomic E-state index is 12.6. The molecule has 1 N–H and O–H groups in total. The Morgan fingerprint density at radius 3 is 2.26 bits per heavy atom. The van der Waals surface area contributed by atoms with Crippen LogP contribution in [0.3, 0.4) is 0 Å². The lowest BCUT2D eigenvalue weighted by Crippen LogP contribution is -2.32. The largest absolute Gasteiger partial charge is 0.508 e. The molecule has 0 aromatic heterocycles. The molecule has 3 nitrogen and oxygen atoms in total. The molecule has 0 atom stereocenters. The van der Waals surface area contributed by atoms with Gasteiger partial charge in [-0.2, -0.15) is 0 Å². The second-order valence-corrected chi connectivity index (χ2v) is 6.48. The van der Waals surface area contributed by atoms with Gasteiger partial charge in [0.25, 0.3) is 0 Å². The van der Waals surface area contributed by atoms with E-state index in [1.165, 1.54) is 0 Å². The summed E-state index contributed by atoms with van der Waals surface area (Å²) >= 11 is 5.88. The number of hydrogen-bond acceptors (Lipinski definition) is 2. The van der Waals surface area contributed by atoms with Crippen molar-refractivity contribution in [2.45, 2.75) is 38.3 Å². The highest BCUT2D eigenvalue weighted by Gasteiger charge is 2.32. The van der Waals surface area contributed by atoms with E-state index in [4.69, 9.17) is 11.6 Å². The predicted molar refractivity (Wildman–Crippen MR) is 91.5 cm³/mol. The van der Waals surface area contributed by atoms with Crippen molar-refractivity contribution in [2.75, 3.05) is 0 Å². The summed E-state index contributed by atoms with van der Waals surface area (Å²) in [6.45, 7) is 0.615. The predicted octanol–water partition coefficient (Wildman–Crippen LogP) is 4.17. The number of carbonyl (C=O) groups is 1. The zero-order chi connectivity index (χ0) is 16.2. The van der Waals surface area contributed by atoms with Gasteiger partial charge < -0.3 is 10.0 Å². The van der Waals surface area contributed by atoms with Gasteiger partial charge in [-0.25, -0.2) is 0 Å². The van der Waals surface area contributed by atoms with Crippen molar-refractivity contribution >= 4 is 17.5 Å². The van der Waals surface area contributed by atoms with Crippen LogP contribution in [0.5, 0.6) is 5.75 Å². The Bertz CT molecular complexity index is 663. The van der Waals surface area contributed by atoms with E-state index >= 15 is 0 Å². The SMILES string of the molecule is O=C(CCc1ccc(Cl)cc1)N(Cc1ccc(O)cc1)C1CC1. The van der Waals surface area contributed by atoms with Crippen LogP contribution in [0.15, 0.2) is 48.5 Å². The molecule has 3 rings (SSSR count). The lowest BCUT2D eigenvalue weighted by molar-refractivity contribution is -0.132. The third-order valence-electron chi connectivity index (χ3n) is 4.14. The average Bonchev–Trinajstić information content (AvgIpc) is 3.38. The van der Waals surface area contributed by atoms with Crippen LogP contribution in [-0.2, 0) is 17.8 Å². The number of aromatic hydroxyl groups is 1. The Morgan fingerprint density at radius 2 is 1.65 bits per heavy atom. The molecule has 1 fully saturated rings. The van der Waals surface area contributed by atoms with Crippen molar-refractivity contribution in [3.63, 3.8) is 0 Å². The molecular formula is C19H20ClNO2. The van der Waals surface area contributed by atoms with Crippen LogP contribution in [0.4, 0.5) is 0 Å². The summed E-state index contributed by atoms with van der Waals surface area (Å²) in [7, 11) is 0. The monoisotopic (exact) mass is 329 g/mol. The van der Waals surface area contributed by atoms with Crippen molar-refractivity contribution in [2.24, 2.45) is 0 Å². The van der Waals surface area contributed by atoms with E-state index < -0.39 is 0 Å². The summed E-state index contributed by atoms with van der Waals surface area (Å²) in [6.07, 6.45) is 3.42. The molecule has 0 unspecified atom stereocenters. The minimum absolute atomic E-state index is 0.190. The first-order valence-corrected chi connectivity index (χ1v) is 8.31. The van der Waals surface area contributed by atoms with Crippen molar-refractivity contribution in [3.05, 3.63) is 64.7 Å². The molecule has 0 saturated heterocycles. The molecule has 0 aliphatic heterocycles. The number of rotatable bonds is 6. The van der Waals surface area contributed by atoms with Crippen LogP contribution in [0.2, 0.25) is 5.02 Å². The first-order valence-electron chi connectivity index (χ1n) is 7.93. The number of halogens is 1. The van der Waals surface area contributed by atoms with Crippen LogP contribution < -0.4 is 0 Å². The van der Waals surface area contributed by atoms with Gasteiger partial charge in [0.1, 0.15) is 5.75 Å². The highest BCUT2D eigenvalue weighted by molar-refractivity contribution is 6.30. The fourth-order valence-corrected chi connectivity index (χ4v) is 2.78. The average molecular weight is 330 g/mol. The van der Waals surface area contributed by atoms with Gasteiger partial charge in [-0.15, -0.1) is 0 Å². The topological polar surface area (TPSA) is 40.5 Å². The second-order valence-electron chi connectivity index (χ2n) is 6.05. The highest BCUT2D eigenvalue weighted by atomic mass is 35.5. The van der Waals surface area contributed by atoms with Gasteiger partial charge in [0, 0.05) is 24.0 Å². The van der Waals surface area contributed by atoms with E-state index in [2.05, 4.69) is 0 Å². The number of nitrogens with zero attached hydrogens (tertiary/aromatic N) is 1. The van der Waals surface area contributed by atoms with Gasteiger partial charge in [0.05, 0.1) is 0 Å². The summed E-state index contributed by atoms with van der Waals surface area (Å²) in [4.78, 5) is 14.6. The lowest BCUT2D eigenvalue weighted by Gasteiger charge is -2.22. The number of aryl methyl sites for hydroxylation is 1. The van der Waals surface area contributed by atoms with Gasteiger partial charge in [-0.3, -0.25) is 4.79 Å². The fourth-order valence-electron chi connectivity index (χ4n) is 2.65. The van der Waals surface area contributed by atoms with Gasteiger partial charge in [-0.1, -0.05) is 35.9 Å². The number of amides is 1. The molecular weight excluding hydrogens is 310 g/mol. The normalized spacial score (nSPS) is 13.8. The third-order valence-corrected chi connectivity index (χ3v) is 4.39. The fraction of sp³-hybridized carbons (Fsp3) is 0.316. The van der Waals surface area contributed by atoms with Crippen LogP contribution in [0.25, 0.3) is 0 Å². The molecule has 1 aliphatic rings. The lowest BCUT2D eigenvalue weighted by atomic mass is 10.1. The summed E-state index contributed by atoms with van der Waals surface area (Å²) in [5, 5.41) is 10.1. The van der Waals surface area contributed by atoms with Crippen LogP contribution in [0, 0.1) is 0 Å². The van der Waals surface area contributed by atoms with E-state index in [1.54, 1.807) is 12.1 Å².